The highest BCUT2D eigenvalue weighted by molar-refractivity contribution is 5.81. The van der Waals surface area contributed by atoms with Crippen LogP contribution < -0.4 is 0 Å². The van der Waals surface area contributed by atoms with Gasteiger partial charge in [0.2, 0.25) is 0 Å². The molecule has 0 spiro atoms. The molecular weight excluding hydrogens is 472 g/mol. The molecule has 37 heavy (non-hydrogen) atoms. The van der Waals surface area contributed by atoms with Crippen LogP contribution in [0.2, 0.25) is 0 Å². The van der Waals surface area contributed by atoms with E-state index in [9.17, 15) is 19.5 Å². The molecule has 0 saturated carbocycles. The van der Waals surface area contributed by atoms with Crippen molar-refractivity contribution >= 4 is 18.2 Å². The molecule has 1 heterocycles. The fraction of sp³-hybridized carbons (Fsp3) is 0.483. The SMILES string of the molecule is CN(C(=O)OCC1c2ccccc2-c2ccccc21)[C@@H](CC1CCN(C(=O)OC(C)(C)C)CC1)C(=O)O. The molecular formula is C29H36N2O6. The number of carboxylic acids is 1. The second-order valence-corrected chi connectivity index (χ2v) is 10.9. The van der Waals surface area contributed by atoms with Crippen molar-refractivity contribution < 1.29 is 29.0 Å². The predicted octanol–water partition coefficient (Wildman–Crippen LogP) is 5.36. The zero-order chi connectivity index (χ0) is 26.7. The Balaban J connectivity index is 1.34. The van der Waals surface area contributed by atoms with Crippen LogP contribution in [-0.4, -0.2) is 71.4 Å². The lowest BCUT2D eigenvalue weighted by atomic mass is 9.90. The fourth-order valence-electron chi connectivity index (χ4n) is 5.24. The van der Waals surface area contributed by atoms with Crippen molar-refractivity contribution in [3.8, 4) is 11.1 Å². The molecule has 2 aromatic carbocycles. The maximum absolute atomic E-state index is 13.0. The number of hydrogen-bond acceptors (Lipinski definition) is 5. The number of hydrogen-bond donors (Lipinski definition) is 1. The Kier molecular flexibility index (Phi) is 7.76. The minimum absolute atomic E-state index is 0.0728. The van der Waals surface area contributed by atoms with Crippen LogP contribution in [0.4, 0.5) is 9.59 Å². The highest BCUT2D eigenvalue weighted by atomic mass is 16.6. The molecule has 198 valence electrons. The second-order valence-electron chi connectivity index (χ2n) is 10.9. The quantitative estimate of drug-likeness (QED) is 0.565. The number of carbonyl (C=O) groups is 3. The van der Waals surface area contributed by atoms with E-state index < -0.39 is 23.7 Å². The first-order valence-electron chi connectivity index (χ1n) is 12.8. The molecule has 0 unspecified atom stereocenters. The topological polar surface area (TPSA) is 96.4 Å². The third-order valence-corrected chi connectivity index (χ3v) is 7.20. The summed E-state index contributed by atoms with van der Waals surface area (Å²) >= 11 is 0. The molecule has 1 N–H and O–H groups in total. The van der Waals surface area contributed by atoms with E-state index in [0.717, 1.165) is 22.3 Å². The van der Waals surface area contributed by atoms with Gasteiger partial charge in [0.15, 0.2) is 0 Å². The number of carbonyl (C=O) groups excluding carboxylic acids is 2. The summed E-state index contributed by atoms with van der Waals surface area (Å²) in [6.45, 7) is 6.62. The number of benzene rings is 2. The van der Waals surface area contributed by atoms with Crippen LogP contribution in [0.3, 0.4) is 0 Å². The van der Waals surface area contributed by atoms with Gasteiger partial charge in [0.05, 0.1) is 0 Å². The Morgan fingerprint density at radius 2 is 1.54 bits per heavy atom. The number of rotatable bonds is 6. The number of fused-ring (bicyclic) bond motifs is 3. The summed E-state index contributed by atoms with van der Waals surface area (Å²) in [7, 11) is 1.48. The maximum Gasteiger partial charge on any atom is 0.410 e. The van der Waals surface area contributed by atoms with E-state index in [4.69, 9.17) is 9.47 Å². The van der Waals surface area contributed by atoms with Crippen molar-refractivity contribution in [3.63, 3.8) is 0 Å². The maximum atomic E-state index is 13.0. The lowest BCUT2D eigenvalue weighted by Crippen LogP contribution is -2.46. The minimum atomic E-state index is -1.06. The van der Waals surface area contributed by atoms with E-state index in [1.165, 1.54) is 11.9 Å². The van der Waals surface area contributed by atoms with Crippen molar-refractivity contribution in [1.29, 1.82) is 0 Å². The van der Waals surface area contributed by atoms with E-state index >= 15 is 0 Å². The van der Waals surface area contributed by atoms with E-state index in [-0.39, 0.29) is 24.5 Å². The van der Waals surface area contributed by atoms with Gasteiger partial charge >= 0.3 is 18.2 Å². The normalized spacial score (nSPS) is 16.5. The zero-order valence-electron chi connectivity index (χ0n) is 22.0. The number of likely N-dealkylation sites (tertiary alicyclic amines) is 1. The van der Waals surface area contributed by atoms with Crippen LogP contribution in [0.1, 0.15) is 57.1 Å². The van der Waals surface area contributed by atoms with Crippen LogP contribution in [0.25, 0.3) is 11.1 Å². The molecule has 8 heteroatoms. The van der Waals surface area contributed by atoms with Crippen molar-refractivity contribution in [1.82, 2.24) is 9.80 Å². The van der Waals surface area contributed by atoms with Gasteiger partial charge in [-0.3, -0.25) is 4.90 Å². The molecule has 0 radical (unpaired) electrons. The molecule has 2 aliphatic rings. The predicted molar refractivity (Wildman–Crippen MR) is 139 cm³/mol. The summed E-state index contributed by atoms with van der Waals surface area (Å²) in [5.74, 6) is -1.08. The third kappa shape index (κ3) is 6.06. The summed E-state index contributed by atoms with van der Waals surface area (Å²) in [5, 5.41) is 9.90. The molecule has 1 fully saturated rings. The number of likely N-dealkylation sites (N-methyl/N-ethyl adjacent to an activating group) is 1. The summed E-state index contributed by atoms with van der Waals surface area (Å²) in [6.07, 6.45) is 0.610. The van der Waals surface area contributed by atoms with Crippen molar-refractivity contribution in [2.75, 3.05) is 26.7 Å². The van der Waals surface area contributed by atoms with E-state index in [1.807, 2.05) is 57.2 Å². The highest BCUT2D eigenvalue weighted by Gasteiger charge is 2.35. The Morgan fingerprint density at radius 3 is 2.05 bits per heavy atom. The van der Waals surface area contributed by atoms with Crippen LogP contribution in [0.15, 0.2) is 48.5 Å². The molecule has 1 atom stereocenters. The van der Waals surface area contributed by atoms with Crippen LogP contribution >= 0.6 is 0 Å². The van der Waals surface area contributed by atoms with Crippen molar-refractivity contribution in [2.45, 2.75) is 57.6 Å². The Hall–Kier alpha value is -3.55. The summed E-state index contributed by atoms with van der Waals surface area (Å²) in [6, 6.07) is 15.1. The van der Waals surface area contributed by atoms with Gasteiger partial charge in [-0.25, -0.2) is 14.4 Å². The molecule has 1 aliphatic carbocycles. The summed E-state index contributed by atoms with van der Waals surface area (Å²) in [4.78, 5) is 40.2. The van der Waals surface area contributed by atoms with Gasteiger partial charge in [0, 0.05) is 26.1 Å². The van der Waals surface area contributed by atoms with Crippen LogP contribution in [-0.2, 0) is 14.3 Å². The molecule has 2 aromatic rings. The van der Waals surface area contributed by atoms with Gasteiger partial charge in [-0.1, -0.05) is 48.5 Å². The second kappa shape index (κ2) is 10.8. The van der Waals surface area contributed by atoms with Crippen molar-refractivity contribution in [2.24, 2.45) is 5.92 Å². The third-order valence-electron chi connectivity index (χ3n) is 7.20. The number of piperidine rings is 1. The fourth-order valence-corrected chi connectivity index (χ4v) is 5.24. The van der Waals surface area contributed by atoms with Gasteiger partial charge in [-0.05, 0) is 68.2 Å². The number of amides is 2. The molecule has 1 aliphatic heterocycles. The molecule has 0 aromatic heterocycles. The molecule has 4 rings (SSSR count). The average Bonchev–Trinajstić information content (AvgIpc) is 3.18. The van der Waals surface area contributed by atoms with Gasteiger partial charge in [-0.2, -0.15) is 0 Å². The van der Waals surface area contributed by atoms with Crippen LogP contribution in [0.5, 0.6) is 0 Å². The lowest BCUT2D eigenvalue weighted by molar-refractivity contribution is -0.143. The van der Waals surface area contributed by atoms with E-state index in [2.05, 4.69) is 12.1 Å². The van der Waals surface area contributed by atoms with E-state index in [1.54, 1.807) is 4.90 Å². The average molecular weight is 509 g/mol. The Bertz CT molecular complexity index is 1100. The monoisotopic (exact) mass is 508 g/mol. The number of aliphatic carboxylic acids is 1. The van der Waals surface area contributed by atoms with Gasteiger partial charge < -0.3 is 19.5 Å². The Morgan fingerprint density at radius 1 is 1.00 bits per heavy atom. The summed E-state index contributed by atoms with van der Waals surface area (Å²) in [5.41, 5.74) is 3.91. The molecule has 0 bridgehead atoms. The molecule has 1 saturated heterocycles. The first-order chi connectivity index (χ1) is 17.5. The largest absolute Gasteiger partial charge is 0.480 e. The lowest BCUT2D eigenvalue weighted by Gasteiger charge is -2.35. The van der Waals surface area contributed by atoms with Crippen LogP contribution in [0, 0.1) is 5.92 Å². The molecule has 2 amide bonds. The minimum Gasteiger partial charge on any atom is -0.480 e. The van der Waals surface area contributed by atoms with Gasteiger partial charge in [-0.15, -0.1) is 0 Å². The Labute approximate surface area is 218 Å². The zero-order valence-corrected chi connectivity index (χ0v) is 22.0. The van der Waals surface area contributed by atoms with Gasteiger partial charge in [0.1, 0.15) is 18.2 Å². The first kappa shape index (κ1) is 26.5. The number of carboxylic acid groups (broad SMARTS) is 1. The molecule has 8 nitrogen and oxygen atoms in total. The number of ether oxygens (including phenoxy) is 2. The van der Waals surface area contributed by atoms with Gasteiger partial charge in [0.25, 0.3) is 0 Å². The first-order valence-corrected chi connectivity index (χ1v) is 12.8. The smallest absolute Gasteiger partial charge is 0.410 e. The summed E-state index contributed by atoms with van der Waals surface area (Å²) < 4.78 is 11.1. The standard InChI is InChI=1S/C29H36N2O6/c1-29(2,3)37-28(35)31-15-13-19(14-16-31)17-25(26(32)33)30(4)27(34)36-18-24-22-11-7-5-9-20(22)21-10-6-8-12-23(21)24/h5-12,19,24-25H,13-18H2,1-4H3,(H,32,33)/t25-/m0/s1. The highest BCUT2D eigenvalue weighted by Crippen LogP contribution is 2.44. The van der Waals surface area contributed by atoms with Crippen molar-refractivity contribution in [3.05, 3.63) is 59.7 Å². The number of nitrogens with zero attached hydrogens (tertiary/aromatic N) is 2. The van der Waals surface area contributed by atoms with E-state index in [0.29, 0.717) is 32.4 Å².